The zero-order valence-corrected chi connectivity index (χ0v) is 14.5. The van der Waals surface area contributed by atoms with E-state index in [4.69, 9.17) is 4.74 Å². The first-order chi connectivity index (χ1) is 11.5. The van der Waals surface area contributed by atoms with E-state index in [1.165, 1.54) is 4.90 Å². The molecule has 0 saturated heterocycles. The van der Waals surface area contributed by atoms with Crippen LogP contribution in [0.25, 0.3) is 0 Å². The number of amides is 4. The normalized spacial score (nSPS) is 15.1. The summed E-state index contributed by atoms with van der Waals surface area (Å²) in [5.74, 6) is 0. The van der Waals surface area contributed by atoms with E-state index in [9.17, 15) is 9.59 Å². The van der Waals surface area contributed by atoms with Gasteiger partial charge in [0.25, 0.3) is 0 Å². The third-order valence-electron chi connectivity index (χ3n) is 4.23. The van der Waals surface area contributed by atoms with Crippen LogP contribution in [-0.2, 0) is 4.74 Å². The van der Waals surface area contributed by atoms with Gasteiger partial charge in [0.1, 0.15) is 0 Å². The molecule has 0 aromatic heterocycles. The molecule has 1 aromatic carbocycles. The fraction of sp³-hybridized carbons (Fsp3) is 0.529. The van der Waals surface area contributed by atoms with E-state index >= 15 is 0 Å². The molecular weight excluding hydrogens is 308 g/mol. The van der Waals surface area contributed by atoms with Crippen molar-refractivity contribution in [1.82, 2.24) is 10.6 Å². The molecule has 1 fully saturated rings. The van der Waals surface area contributed by atoms with E-state index in [-0.39, 0.29) is 17.6 Å². The summed E-state index contributed by atoms with van der Waals surface area (Å²) in [5, 5.41) is 8.57. The van der Waals surface area contributed by atoms with Gasteiger partial charge in [-0.05, 0) is 44.4 Å². The van der Waals surface area contributed by atoms with Crippen LogP contribution in [0.4, 0.5) is 21.0 Å². The SMILES string of the molecule is CCNC(=O)N(C)c1cccc(NC(=O)NC2(COC)CCC2)c1. The third-order valence-corrected chi connectivity index (χ3v) is 4.23. The maximum absolute atomic E-state index is 12.2. The van der Waals surface area contributed by atoms with Gasteiger partial charge in [0.15, 0.2) is 0 Å². The summed E-state index contributed by atoms with van der Waals surface area (Å²) in [6.45, 7) is 2.94. The van der Waals surface area contributed by atoms with Crippen LogP contribution in [0.15, 0.2) is 24.3 Å². The van der Waals surface area contributed by atoms with Gasteiger partial charge < -0.3 is 20.7 Å². The number of hydrogen-bond donors (Lipinski definition) is 3. The van der Waals surface area contributed by atoms with E-state index in [1.54, 1.807) is 32.4 Å². The summed E-state index contributed by atoms with van der Waals surface area (Å²) in [6.07, 6.45) is 2.94. The molecule has 3 N–H and O–H groups in total. The van der Waals surface area contributed by atoms with Crippen LogP contribution in [-0.4, -0.2) is 44.9 Å². The second kappa shape index (κ2) is 8.01. The van der Waals surface area contributed by atoms with Crippen molar-refractivity contribution in [1.29, 1.82) is 0 Å². The molecule has 24 heavy (non-hydrogen) atoms. The second-order valence-corrected chi connectivity index (χ2v) is 6.09. The molecule has 0 heterocycles. The Labute approximate surface area is 142 Å². The number of nitrogens with one attached hydrogen (secondary N) is 3. The number of ether oxygens (including phenoxy) is 1. The lowest BCUT2D eigenvalue weighted by Crippen LogP contribution is -2.57. The minimum absolute atomic E-state index is 0.187. The molecule has 1 aliphatic carbocycles. The molecular formula is C17H26N4O3. The number of anilines is 2. The average molecular weight is 334 g/mol. The molecule has 0 atom stereocenters. The van der Waals surface area contributed by atoms with Crippen molar-refractivity contribution in [3.8, 4) is 0 Å². The zero-order chi connectivity index (χ0) is 17.6. The van der Waals surface area contributed by atoms with Gasteiger partial charge in [0, 0.05) is 32.1 Å². The van der Waals surface area contributed by atoms with Crippen LogP contribution < -0.4 is 20.9 Å². The Morgan fingerprint density at radius 2 is 2.08 bits per heavy atom. The number of benzene rings is 1. The summed E-state index contributed by atoms with van der Waals surface area (Å²) in [6, 6.07) is 6.72. The van der Waals surface area contributed by atoms with Crippen molar-refractivity contribution < 1.29 is 14.3 Å². The largest absolute Gasteiger partial charge is 0.382 e. The second-order valence-electron chi connectivity index (χ2n) is 6.09. The molecule has 7 nitrogen and oxygen atoms in total. The number of methoxy groups -OCH3 is 1. The summed E-state index contributed by atoms with van der Waals surface area (Å²) >= 11 is 0. The third kappa shape index (κ3) is 4.38. The topological polar surface area (TPSA) is 82.7 Å². The lowest BCUT2D eigenvalue weighted by atomic mass is 9.77. The Hall–Kier alpha value is -2.28. The van der Waals surface area contributed by atoms with Crippen LogP contribution >= 0.6 is 0 Å². The van der Waals surface area contributed by atoms with E-state index in [1.807, 2.05) is 13.0 Å². The van der Waals surface area contributed by atoms with Crippen LogP contribution in [0.5, 0.6) is 0 Å². The molecule has 0 unspecified atom stereocenters. The predicted octanol–water partition coefficient (Wildman–Crippen LogP) is 2.54. The summed E-state index contributed by atoms with van der Waals surface area (Å²) in [7, 11) is 3.33. The van der Waals surface area contributed by atoms with E-state index in [0.717, 1.165) is 19.3 Å². The summed E-state index contributed by atoms with van der Waals surface area (Å²) in [4.78, 5) is 25.6. The number of nitrogens with zero attached hydrogens (tertiary/aromatic N) is 1. The van der Waals surface area contributed by atoms with Gasteiger partial charge in [-0.25, -0.2) is 9.59 Å². The van der Waals surface area contributed by atoms with Gasteiger partial charge >= 0.3 is 12.1 Å². The Balaban J connectivity index is 1.98. The molecule has 1 aromatic rings. The maximum atomic E-state index is 12.2. The average Bonchev–Trinajstić information content (AvgIpc) is 2.52. The highest BCUT2D eigenvalue weighted by molar-refractivity contribution is 5.94. The van der Waals surface area contributed by atoms with Gasteiger partial charge in [-0.3, -0.25) is 4.90 Å². The lowest BCUT2D eigenvalue weighted by Gasteiger charge is -2.41. The number of carbonyl (C=O) groups is 2. The van der Waals surface area contributed by atoms with Crippen molar-refractivity contribution in [2.75, 3.05) is 37.5 Å². The van der Waals surface area contributed by atoms with Crippen molar-refractivity contribution >= 4 is 23.4 Å². The first-order valence-corrected chi connectivity index (χ1v) is 8.19. The molecule has 0 spiro atoms. The van der Waals surface area contributed by atoms with E-state index < -0.39 is 0 Å². The van der Waals surface area contributed by atoms with Crippen molar-refractivity contribution in [2.45, 2.75) is 31.7 Å². The van der Waals surface area contributed by atoms with Crippen LogP contribution in [0, 0.1) is 0 Å². The number of hydrogen-bond acceptors (Lipinski definition) is 3. The zero-order valence-electron chi connectivity index (χ0n) is 14.5. The van der Waals surface area contributed by atoms with Crippen LogP contribution in [0.2, 0.25) is 0 Å². The summed E-state index contributed by atoms with van der Waals surface area (Å²) < 4.78 is 5.21. The smallest absolute Gasteiger partial charge is 0.321 e. The molecule has 0 radical (unpaired) electrons. The van der Waals surface area contributed by atoms with Crippen LogP contribution in [0.1, 0.15) is 26.2 Å². The predicted molar refractivity (Wildman–Crippen MR) is 94.5 cm³/mol. The lowest BCUT2D eigenvalue weighted by molar-refractivity contribution is 0.0648. The van der Waals surface area contributed by atoms with Gasteiger partial charge in [-0.1, -0.05) is 6.07 Å². The number of urea groups is 2. The minimum Gasteiger partial charge on any atom is -0.382 e. The molecule has 4 amide bonds. The van der Waals surface area contributed by atoms with Crippen molar-refractivity contribution in [3.05, 3.63) is 24.3 Å². The number of carbonyl (C=O) groups excluding carboxylic acids is 2. The fourth-order valence-corrected chi connectivity index (χ4v) is 2.77. The summed E-state index contributed by atoms with van der Waals surface area (Å²) in [5.41, 5.74) is 1.08. The monoisotopic (exact) mass is 334 g/mol. The molecule has 0 bridgehead atoms. The van der Waals surface area contributed by atoms with Gasteiger partial charge in [0.05, 0.1) is 12.1 Å². The maximum Gasteiger partial charge on any atom is 0.321 e. The molecule has 0 aliphatic heterocycles. The standard InChI is InChI=1S/C17H26N4O3/c1-4-18-16(23)21(2)14-8-5-7-13(11-14)19-15(22)20-17(12-24-3)9-6-10-17/h5,7-8,11H,4,6,9-10,12H2,1-3H3,(H,18,23)(H2,19,20,22). The fourth-order valence-electron chi connectivity index (χ4n) is 2.77. The van der Waals surface area contributed by atoms with Crippen molar-refractivity contribution in [2.24, 2.45) is 0 Å². The van der Waals surface area contributed by atoms with Gasteiger partial charge in [0.2, 0.25) is 0 Å². The number of rotatable bonds is 6. The Bertz CT molecular complexity index is 587. The first kappa shape index (κ1) is 18.1. The molecule has 1 aliphatic rings. The van der Waals surface area contributed by atoms with E-state index in [2.05, 4.69) is 16.0 Å². The first-order valence-electron chi connectivity index (χ1n) is 8.19. The molecule has 7 heteroatoms. The van der Waals surface area contributed by atoms with Gasteiger partial charge in [-0.15, -0.1) is 0 Å². The minimum atomic E-state index is -0.260. The highest BCUT2D eigenvalue weighted by atomic mass is 16.5. The quantitative estimate of drug-likeness (QED) is 0.747. The van der Waals surface area contributed by atoms with Crippen LogP contribution in [0.3, 0.4) is 0 Å². The van der Waals surface area contributed by atoms with Crippen molar-refractivity contribution in [3.63, 3.8) is 0 Å². The highest BCUT2D eigenvalue weighted by Gasteiger charge is 2.38. The Kier molecular flexibility index (Phi) is 6.03. The molecule has 132 valence electrons. The molecule has 2 rings (SSSR count). The molecule has 1 saturated carbocycles. The van der Waals surface area contributed by atoms with E-state index in [0.29, 0.717) is 24.5 Å². The Morgan fingerprint density at radius 3 is 2.67 bits per heavy atom. The highest BCUT2D eigenvalue weighted by Crippen LogP contribution is 2.32. The van der Waals surface area contributed by atoms with Gasteiger partial charge in [-0.2, -0.15) is 0 Å². The Morgan fingerprint density at radius 1 is 1.33 bits per heavy atom.